The lowest BCUT2D eigenvalue weighted by molar-refractivity contribution is 0.767. The number of para-hydroxylation sites is 1. The van der Waals surface area contributed by atoms with Gasteiger partial charge in [0.15, 0.2) is 0 Å². The minimum absolute atomic E-state index is 0.827. The number of fused-ring (bicyclic) bond motifs is 1. The van der Waals surface area contributed by atoms with E-state index >= 15 is 0 Å². The molecule has 2 aromatic rings. The van der Waals surface area contributed by atoms with E-state index in [1.165, 1.54) is 23.2 Å². The number of anilines is 2. The van der Waals surface area contributed by atoms with Crippen molar-refractivity contribution < 1.29 is 0 Å². The molecule has 0 bridgehead atoms. The maximum Gasteiger partial charge on any atom is 0.0646 e. The van der Waals surface area contributed by atoms with Crippen molar-refractivity contribution in [3.63, 3.8) is 0 Å². The molecule has 1 heterocycles. The van der Waals surface area contributed by atoms with Crippen LogP contribution in [0.25, 0.3) is 0 Å². The third kappa shape index (κ3) is 2.52. The number of nitrogens with zero attached hydrogens (tertiary/aromatic N) is 1. The Bertz CT molecular complexity index is 597. The van der Waals surface area contributed by atoms with Gasteiger partial charge in [-0.1, -0.05) is 51.8 Å². The summed E-state index contributed by atoms with van der Waals surface area (Å²) in [6, 6.07) is 14.9. The molecule has 0 radical (unpaired) electrons. The number of hydrogen-bond donors (Lipinski definition) is 0. The van der Waals surface area contributed by atoms with Gasteiger partial charge in [-0.3, -0.25) is 0 Å². The van der Waals surface area contributed by atoms with Crippen LogP contribution in [0.1, 0.15) is 17.5 Å². The Balaban J connectivity index is 2.04. The van der Waals surface area contributed by atoms with Gasteiger partial charge in [-0.15, -0.1) is 0 Å². The Labute approximate surface area is 127 Å². The van der Waals surface area contributed by atoms with E-state index in [2.05, 4.69) is 57.2 Å². The summed E-state index contributed by atoms with van der Waals surface area (Å²) in [6.45, 7) is 1.03. The van der Waals surface area contributed by atoms with Gasteiger partial charge in [0.05, 0.1) is 10.7 Å². The van der Waals surface area contributed by atoms with E-state index in [9.17, 15) is 0 Å². The molecule has 0 N–H and O–H groups in total. The highest BCUT2D eigenvalue weighted by Gasteiger charge is 2.19. The maximum atomic E-state index is 6.45. The highest BCUT2D eigenvalue weighted by molar-refractivity contribution is 9.08. The second-order valence-corrected chi connectivity index (χ2v) is 5.77. The summed E-state index contributed by atoms with van der Waals surface area (Å²) in [6.07, 6.45) is 2.33. The number of alkyl halides is 1. The molecule has 3 rings (SSSR count). The Kier molecular flexibility index (Phi) is 3.81. The van der Waals surface area contributed by atoms with Crippen LogP contribution in [0.15, 0.2) is 42.5 Å². The fraction of sp³-hybridized carbons (Fsp3) is 0.250. The van der Waals surface area contributed by atoms with Crippen LogP contribution in [0.4, 0.5) is 11.4 Å². The van der Waals surface area contributed by atoms with Crippen molar-refractivity contribution in [2.75, 3.05) is 11.4 Å². The summed E-state index contributed by atoms with van der Waals surface area (Å²) < 4.78 is 0. The molecule has 98 valence electrons. The lowest BCUT2D eigenvalue weighted by Gasteiger charge is -2.32. The maximum absolute atomic E-state index is 6.45. The lowest BCUT2D eigenvalue weighted by atomic mass is 10.0. The molecule has 0 fully saturated rings. The van der Waals surface area contributed by atoms with Gasteiger partial charge in [0.25, 0.3) is 0 Å². The molecule has 0 aliphatic carbocycles. The van der Waals surface area contributed by atoms with E-state index in [-0.39, 0.29) is 0 Å². The van der Waals surface area contributed by atoms with E-state index in [1.54, 1.807) is 0 Å². The van der Waals surface area contributed by atoms with Crippen molar-refractivity contribution in [2.24, 2.45) is 0 Å². The van der Waals surface area contributed by atoms with Gasteiger partial charge < -0.3 is 4.90 Å². The topological polar surface area (TPSA) is 3.24 Å². The molecule has 0 atom stereocenters. The average molecular weight is 337 g/mol. The lowest BCUT2D eigenvalue weighted by Crippen LogP contribution is -2.24. The van der Waals surface area contributed by atoms with Gasteiger partial charge in [-0.2, -0.15) is 0 Å². The molecular formula is C16H15BrClN. The van der Waals surface area contributed by atoms with Crippen LogP contribution in [-0.4, -0.2) is 6.54 Å². The van der Waals surface area contributed by atoms with Crippen LogP contribution in [0, 0.1) is 0 Å². The molecule has 0 saturated carbocycles. The minimum atomic E-state index is 0.827. The van der Waals surface area contributed by atoms with E-state index < -0.39 is 0 Å². The van der Waals surface area contributed by atoms with Gasteiger partial charge in [0.2, 0.25) is 0 Å². The quantitative estimate of drug-likeness (QED) is 0.671. The van der Waals surface area contributed by atoms with Gasteiger partial charge >= 0.3 is 0 Å². The number of benzene rings is 2. The van der Waals surface area contributed by atoms with Crippen LogP contribution in [0.5, 0.6) is 0 Å². The first-order valence-corrected chi connectivity index (χ1v) is 7.99. The van der Waals surface area contributed by atoms with Crippen molar-refractivity contribution in [1.29, 1.82) is 0 Å². The first-order valence-electron chi connectivity index (χ1n) is 6.49. The number of rotatable bonds is 2. The largest absolute Gasteiger partial charge is 0.340 e. The Hall–Kier alpha value is -0.990. The van der Waals surface area contributed by atoms with Crippen molar-refractivity contribution >= 4 is 38.9 Å². The summed E-state index contributed by atoms with van der Waals surface area (Å²) in [4.78, 5) is 2.33. The predicted octanol–water partition coefficient (Wildman–Crippen LogP) is 5.32. The molecular weight excluding hydrogens is 322 g/mol. The molecule has 1 aliphatic heterocycles. The molecule has 0 aromatic heterocycles. The van der Waals surface area contributed by atoms with Gasteiger partial charge in [-0.25, -0.2) is 0 Å². The van der Waals surface area contributed by atoms with Crippen molar-refractivity contribution in [2.45, 2.75) is 18.2 Å². The monoisotopic (exact) mass is 335 g/mol. The predicted molar refractivity (Wildman–Crippen MR) is 85.9 cm³/mol. The molecule has 2 aromatic carbocycles. The van der Waals surface area contributed by atoms with Gasteiger partial charge in [-0.05, 0) is 42.2 Å². The van der Waals surface area contributed by atoms with Crippen LogP contribution in [-0.2, 0) is 11.8 Å². The van der Waals surface area contributed by atoms with E-state index in [0.29, 0.717) is 0 Å². The zero-order valence-corrected chi connectivity index (χ0v) is 12.9. The fourth-order valence-electron chi connectivity index (χ4n) is 2.64. The van der Waals surface area contributed by atoms with E-state index in [1.807, 2.05) is 6.07 Å². The third-order valence-electron chi connectivity index (χ3n) is 3.57. The van der Waals surface area contributed by atoms with E-state index in [4.69, 9.17) is 11.6 Å². The Morgan fingerprint density at radius 1 is 1.11 bits per heavy atom. The summed E-state index contributed by atoms with van der Waals surface area (Å²) in [5.74, 6) is 0. The number of hydrogen-bond acceptors (Lipinski definition) is 1. The number of aryl methyl sites for hydroxylation is 1. The summed E-state index contributed by atoms with van der Waals surface area (Å²) >= 11 is 9.91. The van der Waals surface area contributed by atoms with Crippen LogP contribution in [0.2, 0.25) is 5.02 Å². The summed E-state index contributed by atoms with van der Waals surface area (Å²) in [7, 11) is 0. The average Bonchev–Trinajstić information content (AvgIpc) is 2.46. The molecule has 1 aliphatic rings. The highest BCUT2D eigenvalue weighted by Crippen LogP contribution is 2.37. The SMILES string of the molecule is Clc1cc(CBr)ccc1N1CCCc2ccccc21. The number of halogens is 2. The smallest absolute Gasteiger partial charge is 0.0646 e. The van der Waals surface area contributed by atoms with Crippen LogP contribution in [0.3, 0.4) is 0 Å². The first-order chi connectivity index (χ1) is 9.29. The zero-order valence-electron chi connectivity index (χ0n) is 10.6. The Morgan fingerprint density at radius 3 is 2.74 bits per heavy atom. The third-order valence-corrected chi connectivity index (χ3v) is 4.52. The van der Waals surface area contributed by atoms with E-state index in [0.717, 1.165) is 29.0 Å². The molecule has 1 nitrogen and oxygen atoms in total. The summed E-state index contributed by atoms with van der Waals surface area (Å²) in [5, 5.41) is 1.66. The van der Waals surface area contributed by atoms with Crippen LogP contribution >= 0.6 is 27.5 Å². The summed E-state index contributed by atoms with van der Waals surface area (Å²) in [5.41, 5.74) is 5.02. The molecule has 19 heavy (non-hydrogen) atoms. The molecule has 0 amide bonds. The second-order valence-electron chi connectivity index (χ2n) is 4.80. The second kappa shape index (κ2) is 5.56. The fourth-order valence-corrected chi connectivity index (χ4v) is 3.29. The Morgan fingerprint density at radius 2 is 1.95 bits per heavy atom. The van der Waals surface area contributed by atoms with Crippen molar-refractivity contribution in [3.8, 4) is 0 Å². The molecule has 0 spiro atoms. The zero-order chi connectivity index (χ0) is 13.2. The molecule has 0 saturated heterocycles. The normalized spacial score (nSPS) is 14.3. The minimum Gasteiger partial charge on any atom is -0.340 e. The van der Waals surface area contributed by atoms with Gasteiger partial charge in [0, 0.05) is 17.6 Å². The molecule has 3 heteroatoms. The van der Waals surface area contributed by atoms with Gasteiger partial charge in [0.1, 0.15) is 0 Å². The standard InChI is InChI=1S/C16H15BrClN/c17-11-12-7-8-16(14(18)10-12)19-9-3-5-13-4-1-2-6-15(13)19/h1-2,4,6-8,10H,3,5,9,11H2. The molecule has 0 unspecified atom stereocenters. The van der Waals surface area contributed by atoms with Crippen molar-refractivity contribution in [1.82, 2.24) is 0 Å². The first kappa shape index (κ1) is 13.0. The van der Waals surface area contributed by atoms with Crippen molar-refractivity contribution in [3.05, 3.63) is 58.6 Å². The highest BCUT2D eigenvalue weighted by atomic mass is 79.9. The van der Waals surface area contributed by atoms with Crippen LogP contribution < -0.4 is 4.90 Å².